The highest BCUT2D eigenvalue weighted by atomic mass is 28.4. The van der Waals surface area contributed by atoms with Gasteiger partial charge in [-0.1, -0.05) is 25.9 Å². The quantitative estimate of drug-likeness (QED) is 0.338. The third-order valence-corrected chi connectivity index (χ3v) is 8.54. The summed E-state index contributed by atoms with van der Waals surface area (Å²) in [6.45, 7) is 11.1. The SMILES string of the molecule is CC(C)(C)[Si](C)(C)OC1=C[C@H]2O[C@@H]1C[C@@H]2N=[N+]=[N-]. The molecule has 0 aromatic rings. The van der Waals surface area contributed by atoms with Crippen LogP contribution in [0.4, 0.5) is 0 Å². The summed E-state index contributed by atoms with van der Waals surface area (Å²) in [5.41, 5.74) is 8.47. The first kappa shape index (κ1) is 13.5. The maximum Gasteiger partial charge on any atom is 0.250 e. The lowest BCUT2D eigenvalue weighted by Crippen LogP contribution is -2.41. The van der Waals surface area contributed by atoms with Gasteiger partial charge in [0.2, 0.25) is 8.32 Å². The number of nitrogens with zero attached hydrogens (tertiary/aromatic N) is 3. The van der Waals surface area contributed by atoms with E-state index < -0.39 is 8.32 Å². The Hall–Kier alpha value is -0.973. The Morgan fingerprint density at radius 3 is 2.61 bits per heavy atom. The minimum atomic E-state index is -1.80. The van der Waals surface area contributed by atoms with Crippen LogP contribution < -0.4 is 0 Å². The van der Waals surface area contributed by atoms with Crippen molar-refractivity contribution in [3.8, 4) is 0 Å². The van der Waals surface area contributed by atoms with E-state index in [0.29, 0.717) is 0 Å². The highest BCUT2D eigenvalue weighted by molar-refractivity contribution is 6.74. The molecule has 18 heavy (non-hydrogen) atoms. The fraction of sp³-hybridized carbons (Fsp3) is 0.833. The van der Waals surface area contributed by atoms with E-state index in [1.54, 1.807) is 0 Å². The lowest BCUT2D eigenvalue weighted by Gasteiger charge is -2.38. The molecule has 0 amide bonds. The molecule has 0 aliphatic carbocycles. The van der Waals surface area contributed by atoms with Gasteiger partial charge in [-0.2, -0.15) is 0 Å². The van der Waals surface area contributed by atoms with Gasteiger partial charge in [0.1, 0.15) is 11.9 Å². The molecule has 1 saturated heterocycles. The Morgan fingerprint density at radius 2 is 2.17 bits per heavy atom. The van der Waals surface area contributed by atoms with E-state index in [9.17, 15) is 0 Å². The van der Waals surface area contributed by atoms with E-state index in [1.807, 2.05) is 6.08 Å². The van der Waals surface area contributed by atoms with Gasteiger partial charge in [0.05, 0.1) is 12.1 Å². The molecule has 0 aromatic carbocycles. The van der Waals surface area contributed by atoms with Crippen LogP contribution in [0.25, 0.3) is 10.4 Å². The Labute approximate surface area is 109 Å². The fourth-order valence-electron chi connectivity index (χ4n) is 2.02. The van der Waals surface area contributed by atoms with Gasteiger partial charge >= 0.3 is 0 Å². The summed E-state index contributed by atoms with van der Waals surface area (Å²) >= 11 is 0. The smallest absolute Gasteiger partial charge is 0.250 e. The van der Waals surface area contributed by atoms with E-state index in [-0.39, 0.29) is 23.3 Å². The second-order valence-corrected chi connectivity index (χ2v) is 11.3. The highest BCUT2D eigenvalue weighted by Crippen LogP contribution is 2.43. The molecule has 0 spiro atoms. The zero-order chi connectivity index (χ0) is 13.6. The molecule has 2 aliphatic rings. The normalized spacial score (nSPS) is 30.9. The van der Waals surface area contributed by atoms with E-state index in [1.165, 1.54) is 0 Å². The zero-order valence-electron chi connectivity index (χ0n) is 11.7. The molecule has 0 aromatic heterocycles. The lowest BCUT2D eigenvalue weighted by atomic mass is 10.0. The van der Waals surface area contributed by atoms with Crippen LogP contribution in [-0.4, -0.2) is 26.6 Å². The molecule has 0 radical (unpaired) electrons. The van der Waals surface area contributed by atoms with Crippen molar-refractivity contribution in [2.75, 3.05) is 0 Å². The van der Waals surface area contributed by atoms with Crippen molar-refractivity contribution in [1.29, 1.82) is 0 Å². The molecule has 5 nitrogen and oxygen atoms in total. The lowest BCUT2D eigenvalue weighted by molar-refractivity contribution is 0.0952. The van der Waals surface area contributed by atoms with Gasteiger partial charge in [-0.3, -0.25) is 0 Å². The molecule has 1 fully saturated rings. The van der Waals surface area contributed by atoms with Crippen LogP contribution >= 0.6 is 0 Å². The summed E-state index contributed by atoms with van der Waals surface area (Å²) in [7, 11) is -1.80. The first-order valence-corrected chi connectivity index (χ1v) is 9.26. The van der Waals surface area contributed by atoms with Crippen molar-refractivity contribution >= 4 is 8.32 Å². The first-order valence-electron chi connectivity index (χ1n) is 6.35. The average Bonchev–Trinajstić information content (AvgIpc) is 2.75. The Balaban J connectivity index is 2.09. The van der Waals surface area contributed by atoms with E-state index >= 15 is 0 Å². The van der Waals surface area contributed by atoms with Crippen molar-refractivity contribution in [2.45, 2.75) is 63.6 Å². The summed E-state index contributed by atoms with van der Waals surface area (Å²) < 4.78 is 12.0. The maximum atomic E-state index is 8.47. The second-order valence-electron chi connectivity index (χ2n) is 6.53. The van der Waals surface area contributed by atoms with Gasteiger partial charge in [-0.15, -0.1) is 0 Å². The van der Waals surface area contributed by atoms with Crippen LogP contribution in [0, 0.1) is 0 Å². The van der Waals surface area contributed by atoms with Crippen molar-refractivity contribution in [3.63, 3.8) is 0 Å². The van der Waals surface area contributed by atoms with E-state index in [0.717, 1.165) is 12.2 Å². The van der Waals surface area contributed by atoms with Crippen LogP contribution in [-0.2, 0) is 9.16 Å². The van der Waals surface area contributed by atoms with Crippen LogP contribution in [0.15, 0.2) is 16.9 Å². The minimum Gasteiger partial charge on any atom is -0.545 e. The maximum absolute atomic E-state index is 8.47. The summed E-state index contributed by atoms with van der Waals surface area (Å²) in [6, 6.07) is -0.0632. The molecule has 2 rings (SSSR count). The number of azide groups is 1. The van der Waals surface area contributed by atoms with Crippen LogP contribution in [0.5, 0.6) is 0 Å². The zero-order valence-corrected chi connectivity index (χ0v) is 12.7. The third kappa shape index (κ3) is 2.28. The summed E-state index contributed by atoms with van der Waals surface area (Å²) in [6.07, 6.45) is 2.63. The Kier molecular flexibility index (Phi) is 3.21. The molecular formula is C12H21N3O2Si. The fourth-order valence-corrected chi connectivity index (χ4v) is 3.11. The molecule has 0 unspecified atom stereocenters. The van der Waals surface area contributed by atoms with E-state index in [4.69, 9.17) is 14.7 Å². The molecule has 3 atom stereocenters. The standard InChI is InChI=1S/C12H21N3O2Si/c1-12(2,3)18(4,5)17-11-7-9-8(14-15-13)6-10(11)16-9/h7-10H,6H2,1-5H3/t8-,9+,10+/m0/s1. The van der Waals surface area contributed by atoms with Crippen LogP contribution in [0.2, 0.25) is 18.1 Å². The Morgan fingerprint density at radius 1 is 1.50 bits per heavy atom. The van der Waals surface area contributed by atoms with E-state index in [2.05, 4.69) is 43.9 Å². The molecule has 6 heteroatoms. The van der Waals surface area contributed by atoms with Crippen molar-refractivity contribution in [2.24, 2.45) is 5.11 Å². The monoisotopic (exact) mass is 267 g/mol. The number of fused-ring (bicyclic) bond motifs is 2. The van der Waals surface area contributed by atoms with Crippen molar-refractivity contribution in [1.82, 2.24) is 0 Å². The number of hydrogen-bond donors (Lipinski definition) is 0. The van der Waals surface area contributed by atoms with Gasteiger partial charge in [0, 0.05) is 4.91 Å². The van der Waals surface area contributed by atoms with Crippen molar-refractivity contribution in [3.05, 3.63) is 22.3 Å². The topological polar surface area (TPSA) is 67.2 Å². The summed E-state index contributed by atoms with van der Waals surface area (Å²) in [4.78, 5) is 2.86. The third-order valence-electron chi connectivity index (χ3n) is 4.18. The van der Waals surface area contributed by atoms with Gasteiger partial charge in [-0.05, 0) is 36.2 Å². The molecule has 0 N–H and O–H groups in total. The van der Waals surface area contributed by atoms with Crippen molar-refractivity contribution < 1.29 is 9.16 Å². The largest absolute Gasteiger partial charge is 0.545 e. The summed E-state index contributed by atoms with van der Waals surface area (Å²) in [5, 5.41) is 3.93. The molecule has 0 saturated carbocycles. The first-order chi connectivity index (χ1) is 8.24. The van der Waals surface area contributed by atoms with Gasteiger partial charge in [0.15, 0.2) is 0 Å². The van der Waals surface area contributed by atoms with Gasteiger partial charge in [0.25, 0.3) is 0 Å². The number of rotatable bonds is 3. The molecular weight excluding hydrogens is 246 g/mol. The number of ether oxygens (including phenoxy) is 1. The molecule has 2 aliphatic heterocycles. The van der Waals surface area contributed by atoms with Gasteiger partial charge in [-0.25, -0.2) is 0 Å². The summed E-state index contributed by atoms with van der Waals surface area (Å²) in [5.74, 6) is 0.955. The van der Waals surface area contributed by atoms with Crippen LogP contribution in [0.3, 0.4) is 0 Å². The number of hydrogen-bond acceptors (Lipinski definition) is 3. The predicted molar refractivity (Wildman–Crippen MR) is 72.6 cm³/mol. The Bertz CT molecular complexity index is 422. The molecule has 2 heterocycles. The predicted octanol–water partition coefficient (Wildman–Crippen LogP) is 3.74. The minimum absolute atomic E-state index is 0.0142. The second kappa shape index (κ2) is 4.30. The average molecular weight is 267 g/mol. The highest BCUT2D eigenvalue weighted by Gasteiger charge is 2.46. The van der Waals surface area contributed by atoms with Crippen LogP contribution in [0.1, 0.15) is 27.2 Å². The molecule has 2 bridgehead atoms. The molecule has 100 valence electrons. The van der Waals surface area contributed by atoms with Gasteiger partial charge < -0.3 is 9.16 Å².